The molecule has 1 heterocycles. The van der Waals surface area contributed by atoms with Gasteiger partial charge in [-0.15, -0.1) is 0 Å². The molecule has 1 rings (SSSR count). The van der Waals surface area contributed by atoms with Crippen molar-refractivity contribution in [2.24, 2.45) is 5.73 Å². The van der Waals surface area contributed by atoms with E-state index in [2.05, 4.69) is 9.97 Å². The first kappa shape index (κ1) is 14.7. The van der Waals surface area contributed by atoms with Crippen LogP contribution in [0.2, 0.25) is 0 Å². The minimum Gasteiger partial charge on any atom is -0.480 e. The van der Waals surface area contributed by atoms with Crippen LogP contribution in [0, 0.1) is 0 Å². The van der Waals surface area contributed by atoms with E-state index in [1.807, 2.05) is 6.92 Å². The van der Waals surface area contributed by atoms with Crippen LogP contribution in [0.1, 0.15) is 26.0 Å². The number of H-pyrrole nitrogens is 1. The Labute approximate surface area is 109 Å². The van der Waals surface area contributed by atoms with E-state index < -0.39 is 11.5 Å². The van der Waals surface area contributed by atoms with Crippen molar-refractivity contribution >= 4 is 17.7 Å². The van der Waals surface area contributed by atoms with Gasteiger partial charge in [0.2, 0.25) is 0 Å². The molecule has 1 aromatic rings. The summed E-state index contributed by atoms with van der Waals surface area (Å²) in [7, 11) is 0. The SMILES string of the molecule is CCCc1cc(=O)[nH]c(SCC(C)(N)C(=O)O)n1. The predicted molar refractivity (Wildman–Crippen MR) is 69.8 cm³/mol. The van der Waals surface area contributed by atoms with Crippen LogP contribution < -0.4 is 11.3 Å². The molecule has 0 aliphatic rings. The van der Waals surface area contributed by atoms with E-state index in [0.29, 0.717) is 10.9 Å². The summed E-state index contributed by atoms with van der Waals surface area (Å²) in [6.07, 6.45) is 1.61. The molecule has 0 bridgehead atoms. The summed E-state index contributed by atoms with van der Waals surface area (Å²) >= 11 is 1.14. The molecule has 1 unspecified atom stereocenters. The van der Waals surface area contributed by atoms with Crippen molar-refractivity contribution in [1.82, 2.24) is 9.97 Å². The van der Waals surface area contributed by atoms with Gasteiger partial charge >= 0.3 is 5.97 Å². The lowest BCUT2D eigenvalue weighted by Gasteiger charge is -2.17. The van der Waals surface area contributed by atoms with Crippen molar-refractivity contribution in [2.45, 2.75) is 37.4 Å². The number of carboxylic acids is 1. The average Bonchev–Trinajstić information content (AvgIpc) is 2.26. The Balaban J connectivity index is 2.79. The Hall–Kier alpha value is -1.34. The Morgan fingerprint density at radius 2 is 2.33 bits per heavy atom. The first-order chi connectivity index (χ1) is 8.35. The van der Waals surface area contributed by atoms with E-state index in [1.54, 1.807) is 0 Å². The van der Waals surface area contributed by atoms with Crippen molar-refractivity contribution in [3.63, 3.8) is 0 Å². The summed E-state index contributed by atoms with van der Waals surface area (Å²) < 4.78 is 0. The van der Waals surface area contributed by atoms with Crippen LogP contribution in [-0.2, 0) is 11.2 Å². The normalized spacial score (nSPS) is 14.2. The number of aromatic amines is 1. The molecular weight excluding hydrogens is 254 g/mol. The fourth-order valence-corrected chi connectivity index (χ4v) is 2.13. The molecule has 0 aromatic carbocycles. The Morgan fingerprint density at radius 3 is 2.89 bits per heavy atom. The topological polar surface area (TPSA) is 109 Å². The van der Waals surface area contributed by atoms with E-state index in [0.717, 1.165) is 24.6 Å². The molecule has 7 heteroatoms. The standard InChI is InChI=1S/C11H17N3O3S/c1-3-4-7-5-8(15)14-10(13-7)18-6-11(2,12)9(16)17/h5H,3-4,6,12H2,1-2H3,(H,16,17)(H,13,14,15). The number of nitrogens with zero attached hydrogens (tertiary/aromatic N) is 1. The molecule has 4 N–H and O–H groups in total. The van der Waals surface area contributed by atoms with Crippen LogP contribution >= 0.6 is 11.8 Å². The number of nitrogens with two attached hydrogens (primary N) is 1. The summed E-state index contributed by atoms with van der Waals surface area (Å²) in [6, 6.07) is 1.45. The molecule has 1 atom stereocenters. The van der Waals surface area contributed by atoms with Gasteiger partial charge < -0.3 is 15.8 Å². The molecule has 6 nitrogen and oxygen atoms in total. The zero-order valence-electron chi connectivity index (χ0n) is 10.4. The minimum absolute atomic E-state index is 0.140. The third-order valence-corrected chi connectivity index (χ3v) is 3.49. The average molecular weight is 271 g/mol. The van der Waals surface area contributed by atoms with Gasteiger partial charge in [0.05, 0.1) is 0 Å². The van der Waals surface area contributed by atoms with E-state index in [1.165, 1.54) is 13.0 Å². The molecule has 0 amide bonds. The second kappa shape index (κ2) is 6.01. The van der Waals surface area contributed by atoms with Gasteiger partial charge in [0.1, 0.15) is 5.54 Å². The Kier molecular flexibility index (Phi) is 4.92. The van der Waals surface area contributed by atoms with E-state index >= 15 is 0 Å². The van der Waals surface area contributed by atoms with Crippen LogP contribution in [0.25, 0.3) is 0 Å². The zero-order valence-corrected chi connectivity index (χ0v) is 11.2. The number of aryl methyl sites for hydroxylation is 1. The number of aromatic nitrogens is 2. The van der Waals surface area contributed by atoms with Crippen LogP contribution in [-0.4, -0.2) is 32.3 Å². The number of hydrogen-bond donors (Lipinski definition) is 3. The maximum absolute atomic E-state index is 11.4. The molecule has 0 saturated carbocycles. The molecule has 1 aromatic heterocycles. The highest BCUT2D eigenvalue weighted by atomic mass is 32.2. The summed E-state index contributed by atoms with van der Waals surface area (Å²) in [5.74, 6) is -0.942. The first-order valence-corrected chi connectivity index (χ1v) is 6.59. The van der Waals surface area contributed by atoms with Gasteiger partial charge in [0, 0.05) is 17.5 Å². The lowest BCUT2D eigenvalue weighted by Crippen LogP contribution is -2.47. The van der Waals surface area contributed by atoms with Gasteiger partial charge in [-0.25, -0.2) is 4.98 Å². The molecule has 0 aliphatic heterocycles. The minimum atomic E-state index is -1.34. The highest BCUT2D eigenvalue weighted by Crippen LogP contribution is 2.17. The first-order valence-electron chi connectivity index (χ1n) is 5.60. The smallest absolute Gasteiger partial charge is 0.324 e. The fraction of sp³-hybridized carbons (Fsp3) is 0.545. The van der Waals surface area contributed by atoms with Crippen LogP contribution in [0.3, 0.4) is 0 Å². The van der Waals surface area contributed by atoms with Gasteiger partial charge in [-0.05, 0) is 13.3 Å². The fourth-order valence-electron chi connectivity index (χ4n) is 1.22. The highest BCUT2D eigenvalue weighted by molar-refractivity contribution is 7.99. The number of nitrogens with one attached hydrogen (secondary N) is 1. The molecule has 0 spiro atoms. The molecule has 18 heavy (non-hydrogen) atoms. The largest absolute Gasteiger partial charge is 0.480 e. The lowest BCUT2D eigenvalue weighted by molar-refractivity contribution is -0.141. The number of aliphatic carboxylic acids is 1. The van der Waals surface area contributed by atoms with Gasteiger partial charge in [0.25, 0.3) is 5.56 Å². The van der Waals surface area contributed by atoms with Crippen LogP contribution in [0.4, 0.5) is 0 Å². The maximum Gasteiger partial charge on any atom is 0.324 e. The maximum atomic E-state index is 11.4. The number of hydrogen-bond acceptors (Lipinski definition) is 5. The Morgan fingerprint density at radius 1 is 1.67 bits per heavy atom. The van der Waals surface area contributed by atoms with Crippen molar-refractivity contribution in [3.8, 4) is 0 Å². The second-order valence-corrected chi connectivity index (χ2v) is 5.27. The third kappa shape index (κ3) is 4.15. The number of carbonyl (C=O) groups is 1. The van der Waals surface area contributed by atoms with Crippen molar-refractivity contribution in [3.05, 3.63) is 22.1 Å². The molecule has 100 valence electrons. The van der Waals surface area contributed by atoms with E-state index in [-0.39, 0.29) is 11.3 Å². The summed E-state index contributed by atoms with van der Waals surface area (Å²) in [4.78, 5) is 29.0. The van der Waals surface area contributed by atoms with Crippen molar-refractivity contribution < 1.29 is 9.90 Å². The zero-order chi connectivity index (χ0) is 13.8. The second-order valence-electron chi connectivity index (χ2n) is 4.30. The monoisotopic (exact) mass is 271 g/mol. The quantitative estimate of drug-likeness (QED) is 0.517. The van der Waals surface area contributed by atoms with E-state index in [4.69, 9.17) is 10.8 Å². The summed E-state index contributed by atoms with van der Waals surface area (Å²) in [5, 5.41) is 9.29. The number of carboxylic acid groups (broad SMARTS) is 1. The molecule has 0 aliphatic carbocycles. The van der Waals surface area contributed by atoms with Crippen LogP contribution in [0.15, 0.2) is 16.0 Å². The van der Waals surface area contributed by atoms with Gasteiger partial charge in [-0.2, -0.15) is 0 Å². The molecule has 0 fully saturated rings. The van der Waals surface area contributed by atoms with Gasteiger partial charge in [-0.1, -0.05) is 25.1 Å². The molecule has 0 saturated heterocycles. The third-order valence-electron chi connectivity index (χ3n) is 2.28. The van der Waals surface area contributed by atoms with Crippen molar-refractivity contribution in [1.29, 1.82) is 0 Å². The van der Waals surface area contributed by atoms with Crippen LogP contribution in [0.5, 0.6) is 0 Å². The van der Waals surface area contributed by atoms with Gasteiger partial charge in [0.15, 0.2) is 5.16 Å². The van der Waals surface area contributed by atoms with E-state index in [9.17, 15) is 9.59 Å². The van der Waals surface area contributed by atoms with Gasteiger partial charge in [-0.3, -0.25) is 9.59 Å². The number of thioether (sulfide) groups is 1. The molecular formula is C11H17N3O3S. The molecule has 0 radical (unpaired) electrons. The Bertz CT molecular complexity index is 485. The number of rotatable bonds is 6. The summed E-state index contributed by atoms with van der Waals surface area (Å²) in [6.45, 7) is 3.42. The van der Waals surface area contributed by atoms with Crippen molar-refractivity contribution in [2.75, 3.05) is 5.75 Å². The summed E-state index contributed by atoms with van der Waals surface area (Å²) in [5.41, 5.74) is 4.73. The predicted octanol–water partition coefficient (Wildman–Crippen LogP) is 0.617. The lowest BCUT2D eigenvalue weighted by atomic mass is 10.1. The highest BCUT2D eigenvalue weighted by Gasteiger charge is 2.28.